The molecule has 0 aliphatic carbocycles. The predicted octanol–water partition coefficient (Wildman–Crippen LogP) is 3.47. The van der Waals surface area contributed by atoms with E-state index >= 15 is 0 Å². The second kappa shape index (κ2) is 10.8. The summed E-state index contributed by atoms with van der Waals surface area (Å²) in [5, 5.41) is 0. The van der Waals surface area contributed by atoms with Gasteiger partial charge in [-0.05, 0) is 64.4 Å². The van der Waals surface area contributed by atoms with Gasteiger partial charge < -0.3 is 19.4 Å². The quantitative estimate of drug-likeness (QED) is 0.430. The molecule has 0 aromatic heterocycles. The standard InChI is InChI=1S/C24H31NO7S/c1-6-30-21(26)15-20(22(25)23(27)31-24(3,4)5)17-8-7-9-18(14-17)32-33(28,29)19-12-10-16(2)11-13-19/h7-14,20,22H,6,15,25H2,1-5H3. The number of esters is 2. The van der Waals surface area contributed by atoms with Crippen LogP contribution in [0.4, 0.5) is 0 Å². The summed E-state index contributed by atoms with van der Waals surface area (Å²) in [4.78, 5) is 24.8. The van der Waals surface area contributed by atoms with Gasteiger partial charge in [0.2, 0.25) is 0 Å². The Morgan fingerprint density at radius 3 is 2.27 bits per heavy atom. The molecule has 2 N–H and O–H groups in total. The number of hydrogen-bond donors (Lipinski definition) is 1. The number of benzene rings is 2. The Hall–Kier alpha value is -2.91. The van der Waals surface area contributed by atoms with Gasteiger partial charge in [0.05, 0.1) is 13.0 Å². The Morgan fingerprint density at radius 2 is 1.70 bits per heavy atom. The molecule has 9 heteroatoms. The molecular weight excluding hydrogens is 446 g/mol. The van der Waals surface area contributed by atoms with Gasteiger partial charge in [-0.2, -0.15) is 8.42 Å². The molecule has 0 saturated heterocycles. The van der Waals surface area contributed by atoms with Crippen LogP contribution in [0, 0.1) is 6.92 Å². The van der Waals surface area contributed by atoms with Crippen LogP contribution in [0.15, 0.2) is 53.4 Å². The Labute approximate surface area is 195 Å². The van der Waals surface area contributed by atoms with E-state index in [9.17, 15) is 18.0 Å². The highest BCUT2D eigenvalue weighted by Gasteiger charge is 2.32. The van der Waals surface area contributed by atoms with Gasteiger partial charge in [-0.3, -0.25) is 9.59 Å². The minimum Gasteiger partial charge on any atom is -0.466 e. The van der Waals surface area contributed by atoms with Crippen molar-refractivity contribution in [3.63, 3.8) is 0 Å². The second-order valence-electron chi connectivity index (χ2n) is 8.60. The van der Waals surface area contributed by atoms with Crippen LogP contribution in [0.3, 0.4) is 0 Å². The molecule has 0 spiro atoms. The maximum atomic E-state index is 12.7. The number of nitrogens with two attached hydrogens (primary N) is 1. The summed E-state index contributed by atoms with van der Waals surface area (Å²) in [5.41, 5.74) is 6.77. The van der Waals surface area contributed by atoms with Gasteiger partial charge in [0.1, 0.15) is 22.3 Å². The van der Waals surface area contributed by atoms with Crippen molar-refractivity contribution in [2.75, 3.05) is 6.61 Å². The molecule has 2 unspecified atom stereocenters. The number of hydrogen-bond acceptors (Lipinski definition) is 8. The first-order valence-corrected chi connectivity index (χ1v) is 12.0. The van der Waals surface area contributed by atoms with Crippen molar-refractivity contribution in [2.45, 2.75) is 63.5 Å². The molecule has 8 nitrogen and oxygen atoms in total. The summed E-state index contributed by atoms with van der Waals surface area (Å²) >= 11 is 0. The lowest BCUT2D eigenvalue weighted by Gasteiger charge is -2.27. The average Bonchev–Trinajstić information content (AvgIpc) is 2.70. The number of ether oxygens (including phenoxy) is 2. The van der Waals surface area contributed by atoms with E-state index in [0.29, 0.717) is 5.56 Å². The van der Waals surface area contributed by atoms with E-state index in [-0.39, 0.29) is 23.7 Å². The molecule has 0 aliphatic heterocycles. The van der Waals surface area contributed by atoms with Crippen LogP contribution in [0.5, 0.6) is 5.75 Å². The molecule has 33 heavy (non-hydrogen) atoms. The zero-order valence-corrected chi connectivity index (χ0v) is 20.3. The minimum absolute atomic E-state index is 0.00651. The van der Waals surface area contributed by atoms with Crippen molar-refractivity contribution in [3.8, 4) is 5.75 Å². The SMILES string of the molecule is CCOC(=O)CC(c1cccc(OS(=O)(=O)c2ccc(C)cc2)c1)C(N)C(=O)OC(C)(C)C. The van der Waals surface area contributed by atoms with Crippen molar-refractivity contribution in [2.24, 2.45) is 5.73 Å². The van der Waals surface area contributed by atoms with Crippen molar-refractivity contribution in [1.29, 1.82) is 0 Å². The fourth-order valence-corrected chi connectivity index (χ4v) is 3.99. The Kier molecular flexibility index (Phi) is 8.63. The van der Waals surface area contributed by atoms with Gasteiger partial charge in [-0.1, -0.05) is 29.8 Å². The zero-order chi connectivity index (χ0) is 24.8. The number of rotatable bonds is 9. The molecule has 2 aromatic rings. The van der Waals surface area contributed by atoms with E-state index in [1.807, 2.05) is 6.92 Å². The monoisotopic (exact) mass is 477 g/mol. The Balaban J connectivity index is 2.35. The minimum atomic E-state index is -4.08. The molecule has 2 rings (SSSR count). The fraction of sp³-hybridized carbons (Fsp3) is 0.417. The predicted molar refractivity (Wildman–Crippen MR) is 123 cm³/mol. The molecule has 2 atom stereocenters. The molecule has 0 radical (unpaired) electrons. The Bertz CT molecular complexity index is 1070. The first kappa shape index (κ1) is 26.3. The molecule has 0 aliphatic rings. The van der Waals surface area contributed by atoms with E-state index in [0.717, 1.165) is 5.56 Å². The third kappa shape index (κ3) is 7.87. The molecule has 0 saturated carbocycles. The average molecular weight is 478 g/mol. The normalized spacial score (nSPS) is 13.6. The van der Waals surface area contributed by atoms with Crippen LogP contribution in [0.25, 0.3) is 0 Å². The molecular formula is C24H31NO7S. The number of carbonyl (C=O) groups is 2. The highest BCUT2D eigenvalue weighted by molar-refractivity contribution is 7.87. The lowest BCUT2D eigenvalue weighted by atomic mass is 9.88. The third-order valence-corrected chi connectivity index (χ3v) is 5.87. The lowest BCUT2D eigenvalue weighted by Crippen LogP contribution is -2.42. The summed E-state index contributed by atoms with van der Waals surface area (Å²) in [6.07, 6.45) is -0.192. The lowest BCUT2D eigenvalue weighted by molar-refractivity contribution is -0.157. The summed E-state index contributed by atoms with van der Waals surface area (Å²) in [5.74, 6) is -2.02. The number of aryl methyl sites for hydroxylation is 1. The van der Waals surface area contributed by atoms with Crippen LogP contribution >= 0.6 is 0 Å². The largest absolute Gasteiger partial charge is 0.466 e. The second-order valence-corrected chi connectivity index (χ2v) is 10.1. The molecule has 0 fully saturated rings. The summed E-state index contributed by atoms with van der Waals surface area (Å²) < 4.78 is 41.0. The van der Waals surface area contributed by atoms with Gasteiger partial charge in [0.15, 0.2) is 0 Å². The first-order chi connectivity index (χ1) is 15.3. The molecule has 2 aromatic carbocycles. The summed E-state index contributed by atoms with van der Waals surface area (Å²) in [7, 11) is -4.08. The van der Waals surface area contributed by atoms with Crippen molar-refractivity contribution in [1.82, 2.24) is 0 Å². The topological polar surface area (TPSA) is 122 Å². The van der Waals surface area contributed by atoms with E-state index < -0.39 is 39.6 Å². The van der Waals surface area contributed by atoms with Crippen LogP contribution < -0.4 is 9.92 Å². The number of carbonyl (C=O) groups excluding carboxylic acids is 2. The maximum absolute atomic E-state index is 12.7. The maximum Gasteiger partial charge on any atom is 0.339 e. The van der Waals surface area contributed by atoms with Crippen LogP contribution in [0.2, 0.25) is 0 Å². The van der Waals surface area contributed by atoms with Gasteiger partial charge >= 0.3 is 22.1 Å². The van der Waals surface area contributed by atoms with Crippen LogP contribution in [0.1, 0.15) is 51.2 Å². The highest BCUT2D eigenvalue weighted by Crippen LogP contribution is 2.29. The van der Waals surface area contributed by atoms with E-state index in [2.05, 4.69) is 0 Å². The highest BCUT2D eigenvalue weighted by atomic mass is 32.2. The zero-order valence-electron chi connectivity index (χ0n) is 19.5. The van der Waals surface area contributed by atoms with E-state index in [4.69, 9.17) is 19.4 Å². The fourth-order valence-electron chi connectivity index (χ4n) is 3.06. The molecule has 0 heterocycles. The summed E-state index contributed by atoms with van der Waals surface area (Å²) in [6, 6.07) is 11.2. The molecule has 0 bridgehead atoms. The molecule has 0 amide bonds. The smallest absolute Gasteiger partial charge is 0.339 e. The van der Waals surface area contributed by atoms with E-state index in [1.54, 1.807) is 52.0 Å². The van der Waals surface area contributed by atoms with E-state index in [1.165, 1.54) is 24.3 Å². The van der Waals surface area contributed by atoms with Gasteiger partial charge in [0, 0.05) is 5.92 Å². The first-order valence-electron chi connectivity index (χ1n) is 10.6. The van der Waals surface area contributed by atoms with Gasteiger partial charge in [-0.15, -0.1) is 0 Å². The van der Waals surface area contributed by atoms with Crippen molar-refractivity contribution in [3.05, 3.63) is 59.7 Å². The summed E-state index contributed by atoms with van der Waals surface area (Å²) in [6.45, 7) is 8.82. The van der Waals surface area contributed by atoms with Crippen molar-refractivity contribution >= 4 is 22.1 Å². The van der Waals surface area contributed by atoms with Crippen molar-refractivity contribution < 1.29 is 31.7 Å². The van der Waals surface area contributed by atoms with Crippen LogP contribution in [-0.4, -0.2) is 38.6 Å². The van der Waals surface area contributed by atoms with Crippen LogP contribution in [-0.2, 0) is 29.2 Å². The van der Waals surface area contributed by atoms with Gasteiger partial charge in [-0.25, -0.2) is 0 Å². The Morgan fingerprint density at radius 1 is 1.06 bits per heavy atom. The third-order valence-electron chi connectivity index (χ3n) is 4.61. The molecule has 180 valence electrons. The van der Waals surface area contributed by atoms with Gasteiger partial charge in [0.25, 0.3) is 0 Å².